The van der Waals surface area contributed by atoms with Crippen molar-refractivity contribution in [3.63, 3.8) is 0 Å². The number of piperidine rings is 1. The lowest BCUT2D eigenvalue weighted by Gasteiger charge is -2.50. The van der Waals surface area contributed by atoms with E-state index in [4.69, 9.17) is 16.6 Å². The summed E-state index contributed by atoms with van der Waals surface area (Å²) < 4.78 is 0. The maximum atomic E-state index is 6.28. The van der Waals surface area contributed by atoms with E-state index < -0.39 is 0 Å². The topological polar surface area (TPSA) is 47.0 Å². The number of halogens is 1. The van der Waals surface area contributed by atoms with Crippen LogP contribution in [0.1, 0.15) is 24.0 Å². The van der Waals surface area contributed by atoms with Crippen LogP contribution in [0.2, 0.25) is 5.15 Å². The number of aromatic nitrogens is 1. The SMILES string of the molecule is Cc1cccc(CN=C2N(CCN(C)C)c3cnc(Cl)cc3NC23CCN(C)CC3)c1. The largest absolute Gasteiger partial charge is 0.371 e. The van der Waals surface area contributed by atoms with E-state index in [1.807, 2.05) is 12.3 Å². The molecular formula is C24H33ClN6. The van der Waals surface area contributed by atoms with Gasteiger partial charge in [0, 0.05) is 32.2 Å². The molecule has 2 aliphatic heterocycles. The van der Waals surface area contributed by atoms with Crippen molar-refractivity contribution in [2.24, 2.45) is 4.99 Å². The number of likely N-dealkylation sites (tertiary alicyclic amines) is 1. The highest BCUT2D eigenvalue weighted by Crippen LogP contribution is 2.41. The number of amidine groups is 1. The number of hydrogen-bond acceptors (Lipinski definition) is 5. The smallest absolute Gasteiger partial charge is 0.131 e. The van der Waals surface area contributed by atoms with Gasteiger partial charge in [-0.15, -0.1) is 0 Å². The second kappa shape index (κ2) is 9.15. The van der Waals surface area contributed by atoms with Gasteiger partial charge in [0.25, 0.3) is 0 Å². The van der Waals surface area contributed by atoms with Gasteiger partial charge < -0.3 is 20.0 Å². The summed E-state index contributed by atoms with van der Waals surface area (Å²) in [6.07, 6.45) is 3.90. The number of aryl methyl sites for hydroxylation is 1. The second-order valence-electron chi connectivity index (χ2n) is 9.12. The standard InChI is InChI=1S/C24H33ClN6/c1-18-6-5-7-19(14-18)16-27-23-24(8-10-30(4)11-9-24)28-20-15-22(25)26-17-21(20)31(23)13-12-29(2)3/h5-7,14-15,17,28H,8-13,16H2,1-4H3. The van der Waals surface area contributed by atoms with Gasteiger partial charge in [0.1, 0.15) is 11.0 Å². The summed E-state index contributed by atoms with van der Waals surface area (Å²) in [4.78, 5) is 16.6. The van der Waals surface area contributed by atoms with Crippen LogP contribution in [0.5, 0.6) is 0 Å². The number of rotatable bonds is 5. The van der Waals surface area contributed by atoms with Crippen molar-refractivity contribution in [3.05, 3.63) is 52.8 Å². The molecule has 7 heteroatoms. The van der Waals surface area contributed by atoms with Crippen molar-refractivity contribution in [2.45, 2.75) is 31.8 Å². The molecule has 0 atom stereocenters. The van der Waals surface area contributed by atoms with Crippen LogP contribution >= 0.6 is 11.6 Å². The molecule has 0 saturated carbocycles. The molecule has 1 fully saturated rings. The minimum atomic E-state index is -0.194. The molecule has 31 heavy (non-hydrogen) atoms. The molecule has 1 N–H and O–H groups in total. The summed E-state index contributed by atoms with van der Waals surface area (Å²) in [6.45, 7) is 6.66. The summed E-state index contributed by atoms with van der Waals surface area (Å²) in [7, 11) is 6.41. The van der Waals surface area contributed by atoms with E-state index in [0.29, 0.717) is 11.7 Å². The Morgan fingerprint density at radius 3 is 2.71 bits per heavy atom. The lowest BCUT2D eigenvalue weighted by Crippen LogP contribution is -2.62. The Hall–Kier alpha value is -2.15. The number of hydrogen-bond donors (Lipinski definition) is 1. The van der Waals surface area contributed by atoms with Crippen LogP contribution in [-0.4, -0.2) is 73.5 Å². The minimum Gasteiger partial charge on any atom is -0.371 e. The molecule has 1 saturated heterocycles. The molecule has 1 aromatic heterocycles. The molecule has 1 aromatic carbocycles. The van der Waals surface area contributed by atoms with Crippen molar-refractivity contribution in [3.8, 4) is 0 Å². The molecule has 0 unspecified atom stereocenters. The van der Waals surface area contributed by atoms with Gasteiger partial charge in [-0.3, -0.25) is 4.99 Å². The first kappa shape index (κ1) is 22.1. The first-order valence-electron chi connectivity index (χ1n) is 11.0. The lowest BCUT2D eigenvalue weighted by molar-refractivity contribution is 0.238. The summed E-state index contributed by atoms with van der Waals surface area (Å²) in [6, 6.07) is 10.6. The van der Waals surface area contributed by atoms with Gasteiger partial charge in [0.15, 0.2) is 0 Å². The number of anilines is 2. The third-order valence-electron chi connectivity index (χ3n) is 6.30. The Morgan fingerprint density at radius 2 is 2.00 bits per heavy atom. The predicted octanol–water partition coefficient (Wildman–Crippen LogP) is 3.90. The van der Waals surface area contributed by atoms with Crippen molar-refractivity contribution in [1.29, 1.82) is 0 Å². The van der Waals surface area contributed by atoms with Gasteiger partial charge in [-0.05, 0) is 46.5 Å². The maximum Gasteiger partial charge on any atom is 0.131 e. The third-order valence-corrected chi connectivity index (χ3v) is 6.51. The highest BCUT2D eigenvalue weighted by atomic mass is 35.5. The number of fused-ring (bicyclic) bond motifs is 1. The van der Waals surface area contributed by atoms with Crippen LogP contribution in [0.4, 0.5) is 11.4 Å². The number of nitrogens with one attached hydrogen (secondary N) is 1. The zero-order valence-corrected chi connectivity index (χ0v) is 19.8. The maximum absolute atomic E-state index is 6.28. The molecule has 166 valence electrons. The van der Waals surface area contributed by atoms with E-state index in [9.17, 15) is 0 Å². The number of aliphatic imine (C=N–C) groups is 1. The molecule has 0 amide bonds. The Labute approximate surface area is 190 Å². The molecule has 2 aliphatic rings. The van der Waals surface area contributed by atoms with Gasteiger partial charge in [-0.1, -0.05) is 41.4 Å². The Morgan fingerprint density at radius 1 is 1.23 bits per heavy atom. The van der Waals surface area contributed by atoms with Crippen LogP contribution in [0.25, 0.3) is 0 Å². The first-order chi connectivity index (χ1) is 14.9. The first-order valence-corrected chi connectivity index (χ1v) is 11.4. The van der Waals surface area contributed by atoms with Crippen LogP contribution < -0.4 is 10.2 Å². The molecule has 3 heterocycles. The summed E-state index contributed by atoms with van der Waals surface area (Å²) in [5.74, 6) is 1.13. The van der Waals surface area contributed by atoms with E-state index in [2.05, 4.69) is 77.3 Å². The average Bonchev–Trinajstić information content (AvgIpc) is 2.73. The molecule has 0 bridgehead atoms. The van der Waals surface area contributed by atoms with Crippen LogP contribution in [0.15, 0.2) is 41.5 Å². The highest BCUT2D eigenvalue weighted by molar-refractivity contribution is 6.30. The van der Waals surface area contributed by atoms with Crippen molar-refractivity contribution in [2.75, 3.05) is 57.5 Å². The quantitative estimate of drug-likeness (QED) is 0.714. The molecule has 6 nitrogen and oxygen atoms in total. The summed E-state index contributed by atoms with van der Waals surface area (Å²) in [5.41, 5.74) is 4.42. The molecule has 0 aliphatic carbocycles. The fourth-order valence-electron chi connectivity index (χ4n) is 4.51. The van der Waals surface area contributed by atoms with E-state index in [-0.39, 0.29) is 5.54 Å². The number of likely N-dealkylation sites (N-methyl/N-ethyl adjacent to an activating group) is 1. The molecular weight excluding hydrogens is 408 g/mol. The normalized spacial score (nSPS) is 19.7. The van der Waals surface area contributed by atoms with Gasteiger partial charge in [0.05, 0.1) is 29.7 Å². The summed E-state index contributed by atoms with van der Waals surface area (Å²) in [5, 5.41) is 4.37. The number of pyridine rings is 1. The fourth-order valence-corrected chi connectivity index (χ4v) is 4.67. The Kier molecular flexibility index (Phi) is 6.51. The lowest BCUT2D eigenvalue weighted by atomic mass is 9.83. The van der Waals surface area contributed by atoms with Gasteiger partial charge in [0.2, 0.25) is 0 Å². The van der Waals surface area contributed by atoms with Crippen LogP contribution in [0.3, 0.4) is 0 Å². The number of benzene rings is 1. The Bertz CT molecular complexity index is 949. The third kappa shape index (κ3) is 4.86. The number of nitrogens with zero attached hydrogens (tertiary/aromatic N) is 5. The molecule has 2 aromatic rings. The highest BCUT2D eigenvalue weighted by Gasteiger charge is 2.45. The van der Waals surface area contributed by atoms with Crippen LogP contribution in [0, 0.1) is 6.92 Å². The monoisotopic (exact) mass is 440 g/mol. The zero-order chi connectivity index (χ0) is 22.0. The van der Waals surface area contributed by atoms with Crippen LogP contribution in [-0.2, 0) is 6.54 Å². The minimum absolute atomic E-state index is 0.194. The van der Waals surface area contributed by atoms with Crippen molar-refractivity contribution in [1.82, 2.24) is 14.8 Å². The molecule has 4 rings (SSSR count). The van der Waals surface area contributed by atoms with Gasteiger partial charge in [-0.2, -0.15) is 0 Å². The fraction of sp³-hybridized carbons (Fsp3) is 0.500. The predicted molar refractivity (Wildman–Crippen MR) is 131 cm³/mol. The van der Waals surface area contributed by atoms with E-state index in [0.717, 1.165) is 56.2 Å². The molecule has 0 radical (unpaired) electrons. The molecule has 1 spiro atoms. The average molecular weight is 441 g/mol. The van der Waals surface area contributed by atoms with E-state index in [1.54, 1.807) is 0 Å². The van der Waals surface area contributed by atoms with E-state index in [1.165, 1.54) is 11.1 Å². The van der Waals surface area contributed by atoms with Gasteiger partial charge >= 0.3 is 0 Å². The second-order valence-corrected chi connectivity index (χ2v) is 9.51. The summed E-state index contributed by atoms with van der Waals surface area (Å²) >= 11 is 6.28. The Balaban J connectivity index is 1.77. The van der Waals surface area contributed by atoms with Crippen molar-refractivity contribution < 1.29 is 0 Å². The van der Waals surface area contributed by atoms with Gasteiger partial charge in [-0.25, -0.2) is 4.98 Å². The van der Waals surface area contributed by atoms with Crippen molar-refractivity contribution >= 4 is 28.8 Å². The van der Waals surface area contributed by atoms with E-state index >= 15 is 0 Å². The zero-order valence-electron chi connectivity index (χ0n) is 19.0.